The number of hydrogen-bond acceptors (Lipinski definition) is 10. The molecule has 10 atom stereocenters. The number of allylic oxidation sites excluding steroid dienone is 1. The lowest BCUT2D eigenvalue weighted by atomic mass is 9.53. The molecule has 11 nitrogen and oxygen atoms in total. The number of benzene rings is 1. The first kappa shape index (κ1) is 26.5. The Morgan fingerprint density at radius 3 is 2.73 bits per heavy atom. The molecule has 0 radical (unpaired) electrons. The number of halogens is 1. The number of likely N-dealkylation sites (N-methyl/N-ethyl adjacent to an activating group) is 1. The van der Waals surface area contributed by atoms with Gasteiger partial charge in [0.05, 0.1) is 32.2 Å². The SMILES string of the molecule is COc1ccc2c3c1OC1C(OC(=O)OC[C@H]4O[C@H](O)[C@H](O)C(O)[C@H]4O)=CCC4[C@@H](C2)[NH+](C)CC[C@]314.[Cl-]. The summed E-state index contributed by atoms with van der Waals surface area (Å²) in [6.45, 7) is 0.490. The van der Waals surface area contributed by atoms with E-state index >= 15 is 0 Å². The minimum Gasteiger partial charge on any atom is -1.00 e. The van der Waals surface area contributed by atoms with Gasteiger partial charge in [0.2, 0.25) is 0 Å². The van der Waals surface area contributed by atoms with Crippen LogP contribution in [-0.2, 0) is 26.0 Å². The molecule has 2 aliphatic carbocycles. The summed E-state index contributed by atoms with van der Waals surface area (Å²) in [5.41, 5.74) is 2.10. The zero-order valence-electron chi connectivity index (χ0n) is 20.5. The van der Waals surface area contributed by atoms with Crippen LogP contribution in [0.4, 0.5) is 4.79 Å². The first-order valence-electron chi connectivity index (χ1n) is 12.4. The third kappa shape index (κ3) is 3.82. The molecule has 1 aromatic rings. The Bertz CT molecular complexity index is 1100. The molecular weight excluding hydrogens is 510 g/mol. The number of hydrogen-bond donors (Lipinski definition) is 5. The van der Waals surface area contributed by atoms with Crippen molar-refractivity contribution in [2.75, 3.05) is 27.3 Å². The van der Waals surface area contributed by atoms with Crippen LogP contribution < -0.4 is 26.8 Å². The first-order chi connectivity index (χ1) is 17.3. The molecule has 5 aliphatic rings. The smallest absolute Gasteiger partial charge is 0.513 e. The molecule has 0 amide bonds. The Morgan fingerprint density at radius 2 is 1.97 bits per heavy atom. The Labute approximate surface area is 219 Å². The molecule has 3 heterocycles. The van der Waals surface area contributed by atoms with Crippen LogP contribution in [0.5, 0.6) is 11.5 Å². The zero-order chi connectivity index (χ0) is 25.4. The van der Waals surface area contributed by atoms with Gasteiger partial charge in [0.25, 0.3) is 0 Å². The van der Waals surface area contributed by atoms with Crippen LogP contribution in [0, 0.1) is 5.92 Å². The van der Waals surface area contributed by atoms with Crippen molar-refractivity contribution in [3.05, 3.63) is 35.1 Å². The van der Waals surface area contributed by atoms with Crippen LogP contribution >= 0.6 is 0 Å². The summed E-state index contributed by atoms with van der Waals surface area (Å²) in [7, 11) is 3.85. The predicted molar refractivity (Wildman–Crippen MR) is 120 cm³/mol. The predicted octanol–water partition coefficient (Wildman–Crippen LogP) is -4.60. The minimum absolute atomic E-state index is 0. The summed E-state index contributed by atoms with van der Waals surface area (Å²) in [5.74, 6) is 2.08. The van der Waals surface area contributed by atoms with Crippen LogP contribution in [0.15, 0.2) is 24.0 Å². The molecule has 1 spiro atoms. The fourth-order valence-corrected chi connectivity index (χ4v) is 7.06. The minimum atomic E-state index is -1.72. The van der Waals surface area contributed by atoms with E-state index in [4.69, 9.17) is 23.7 Å². The highest BCUT2D eigenvalue weighted by Gasteiger charge is 2.66. The summed E-state index contributed by atoms with van der Waals surface area (Å²) in [6.07, 6.45) is -4.84. The number of nitrogens with one attached hydrogen (secondary N) is 1. The second-order valence-corrected chi connectivity index (χ2v) is 10.5. The maximum Gasteiger partial charge on any atom is 0.513 e. The monoisotopic (exact) mass is 541 g/mol. The van der Waals surface area contributed by atoms with Crippen LogP contribution in [0.1, 0.15) is 24.0 Å². The van der Waals surface area contributed by atoms with E-state index in [0.29, 0.717) is 29.2 Å². The topological polar surface area (TPSA) is 149 Å². The van der Waals surface area contributed by atoms with E-state index in [1.54, 1.807) is 7.11 Å². The van der Waals surface area contributed by atoms with Gasteiger partial charge in [-0.3, -0.25) is 0 Å². The number of carbonyl (C=O) groups excluding carboxylic acids is 1. The van der Waals surface area contributed by atoms with Crippen molar-refractivity contribution in [2.24, 2.45) is 5.92 Å². The van der Waals surface area contributed by atoms with Crippen LogP contribution in [-0.4, -0.2) is 96.7 Å². The van der Waals surface area contributed by atoms with Gasteiger partial charge in [-0.05, 0) is 24.1 Å². The van der Waals surface area contributed by atoms with Gasteiger partial charge < -0.3 is 61.4 Å². The number of aliphatic hydroxyl groups is 4. The third-order valence-electron chi connectivity index (χ3n) is 8.84. The molecule has 204 valence electrons. The third-order valence-corrected chi connectivity index (χ3v) is 8.84. The molecule has 2 saturated heterocycles. The Balaban J connectivity index is 0.00000280. The molecule has 1 aromatic carbocycles. The van der Waals surface area contributed by atoms with Gasteiger partial charge in [0.15, 0.2) is 23.9 Å². The standard InChI is InChI=1S/C25H31NO10.ClH/c1-26-8-7-25-12-4-6-15(35-24(31)33-10-16-18(27)19(28)20(29)23(30)34-16)22(25)36-21-14(32-2)5-3-11(17(21)25)9-13(12)26;/h3,5-6,12-13,16,18-20,22-23,27-30H,4,7-10H2,1-2H3;1H/t12?,13-,16-,18+,19?,20-,22?,23+,25+;/m1./s1. The number of ether oxygens (including phenoxy) is 5. The van der Waals surface area contributed by atoms with Crippen molar-refractivity contribution in [3.8, 4) is 11.5 Å². The maximum absolute atomic E-state index is 12.7. The summed E-state index contributed by atoms with van der Waals surface area (Å²) >= 11 is 0. The number of carbonyl (C=O) groups is 1. The number of likely N-dealkylation sites (tertiary alicyclic amines) is 1. The number of methoxy groups -OCH3 is 1. The van der Waals surface area contributed by atoms with Crippen LogP contribution in [0.2, 0.25) is 0 Å². The van der Waals surface area contributed by atoms with Gasteiger partial charge in [-0.2, -0.15) is 0 Å². The highest BCUT2D eigenvalue weighted by molar-refractivity contribution is 5.65. The van der Waals surface area contributed by atoms with E-state index in [9.17, 15) is 25.2 Å². The average molecular weight is 542 g/mol. The molecule has 0 aromatic heterocycles. The van der Waals surface area contributed by atoms with Gasteiger partial charge in [-0.15, -0.1) is 0 Å². The Kier molecular flexibility index (Phi) is 6.85. The number of aliphatic hydroxyl groups excluding tert-OH is 4. The number of rotatable bonds is 4. The molecule has 5 N–H and O–H groups in total. The van der Waals surface area contributed by atoms with E-state index in [1.165, 1.54) is 16.0 Å². The lowest BCUT2D eigenvalue weighted by Crippen LogP contribution is -3.16. The molecule has 2 bridgehead atoms. The molecule has 3 aliphatic heterocycles. The molecule has 6 rings (SSSR count). The van der Waals surface area contributed by atoms with E-state index in [0.717, 1.165) is 25.8 Å². The second kappa shape index (κ2) is 9.57. The Hall–Kier alpha value is -2.12. The van der Waals surface area contributed by atoms with Crippen LogP contribution in [0.25, 0.3) is 0 Å². The maximum atomic E-state index is 12.7. The van der Waals surface area contributed by atoms with Gasteiger partial charge in [-0.1, -0.05) is 6.07 Å². The average Bonchev–Trinajstić information content (AvgIpc) is 3.22. The number of quaternary nitrogens is 1. The quantitative estimate of drug-likeness (QED) is 0.236. The molecule has 2 fully saturated rings. The van der Waals surface area contributed by atoms with Gasteiger partial charge in [-0.25, -0.2) is 4.79 Å². The summed E-state index contributed by atoms with van der Waals surface area (Å²) in [5, 5.41) is 39.2. The highest BCUT2D eigenvalue weighted by Crippen LogP contribution is 2.62. The van der Waals surface area contributed by atoms with Crippen molar-refractivity contribution in [1.29, 1.82) is 0 Å². The van der Waals surface area contributed by atoms with Gasteiger partial charge in [0, 0.05) is 24.3 Å². The van der Waals surface area contributed by atoms with Gasteiger partial charge >= 0.3 is 6.16 Å². The molecule has 4 unspecified atom stereocenters. The summed E-state index contributed by atoms with van der Waals surface area (Å²) < 4.78 is 28.0. The van der Waals surface area contributed by atoms with E-state index in [-0.39, 0.29) is 17.8 Å². The van der Waals surface area contributed by atoms with Crippen molar-refractivity contribution < 1.29 is 66.2 Å². The van der Waals surface area contributed by atoms with Crippen molar-refractivity contribution in [2.45, 2.75) is 67.5 Å². The van der Waals surface area contributed by atoms with E-state index in [1.807, 2.05) is 12.1 Å². The van der Waals surface area contributed by atoms with E-state index < -0.39 is 49.6 Å². The molecule has 12 heteroatoms. The fourth-order valence-electron chi connectivity index (χ4n) is 7.06. The second-order valence-electron chi connectivity index (χ2n) is 10.5. The van der Waals surface area contributed by atoms with Crippen LogP contribution in [0.3, 0.4) is 0 Å². The lowest BCUT2D eigenvalue weighted by molar-refractivity contribution is -0.918. The fraction of sp³-hybridized carbons (Fsp3) is 0.640. The van der Waals surface area contributed by atoms with Gasteiger partial charge in [0.1, 0.15) is 36.8 Å². The largest absolute Gasteiger partial charge is 1.00 e. The summed E-state index contributed by atoms with van der Waals surface area (Å²) in [6, 6.07) is 4.48. The highest BCUT2D eigenvalue weighted by atomic mass is 35.5. The number of piperidine rings is 1. The molecule has 0 saturated carbocycles. The van der Waals surface area contributed by atoms with Crippen molar-refractivity contribution >= 4 is 6.16 Å². The lowest BCUT2D eigenvalue weighted by Gasteiger charge is -2.54. The zero-order valence-corrected chi connectivity index (χ0v) is 21.3. The molecular formula is C25H32ClNO10. The molecule has 37 heavy (non-hydrogen) atoms. The normalized spacial score (nSPS) is 40.9. The Morgan fingerprint density at radius 1 is 1.19 bits per heavy atom. The summed E-state index contributed by atoms with van der Waals surface area (Å²) in [4.78, 5) is 14.2. The van der Waals surface area contributed by atoms with Crippen molar-refractivity contribution in [3.63, 3.8) is 0 Å². The van der Waals surface area contributed by atoms with Crippen molar-refractivity contribution in [1.82, 2.24) is 0 Å². The first-order valence-corrected chi connectivity index (χ1v) is 12.4. The van der Waals surface area contributed by atoms with E-state index in [2.05, 4.69) is 13.1 Å².